The van der Waals surface area contributed by atoms with Crippen molar-refractivity contribution in [3.8, 4) is 5.75 Å². The summed E-state index contributed by atoms with van der Waals surface area (Å²) >= 11 is 0. The number of benzene rings is 1. The van der Waals surface area contributed by atoms with Crippen molar-refractivity contribution in [2.24, 2.45) is 5.41 Å². The fraction of sp³-hybridized carbons (Fsp3) is 0.571. The van der Waals surface area contributed by atoms with E-state index < -0.39 is 0 Å². The molecule has 1 heterocycles. The zero-order valence-corrected chi connectivity index (χ0v) is 11.2. The predicted octanol–water partition coefficient (Wildman–Crippen LogP) is 2.51. The Balaban J connectivity index is 2.01. The Bertz CT molecular complexity index is 401. The number of rotatable bonds is 4. The molecule has 0 aliphatic carbocycles. The fourth-order valence-electron chi connectivity index (χ4n) is 2.23. The molecule has 0 bridgehead atoms. The van der Waals surface area contributed by atoms with Crippen molar-refractivity contribution in [3.63, 3.8) is 0 Å². The molecule has 2 rings (SSSR count). The highest BCUT2D eigenvalue weighted by Gasteiger charge is 2.27. The minimum absolute atomic E-state index is 0.285. The average molecular weight is 250 g/mol. The molecule has 4 nitrogen and oxygen atoms in total. The molecule has 0 unspecified atom stereocenters. The summed E-state index contributed by atoms with van der Waals surface area (Å²) in [6.07, 6.45) is 2.17. The molecule has 0 radical (unpaired) electrons. The van der Waals surface area contributed by atoms with E-state index in [9.17, 15) is 0 Å². The number of ether oxygens (including phenoxy) is 2. The van der Waals surface area contributed by atoms with Crippen LogP contribution < -0.4 is 15.8 Å². The van der Waals surface area contributed by atoms with Gasteiger partial charge in [-0.3, -0.25) is 0 Å². The van der Waals surface area contributed by atoms with Crippen molar-refractivity contribution in [1.29, 1.82) is 0 Å². The molecule has 0 atom stereocenters. The Morgan fingerprint density at radius 2 is 2.11 bits per heavy atom. The maximum Gasteiger partial charge on any atom is 0.143 e. The normalized spacial score (nSPS) is 18.3. The zero-order chi connectivity index (χ0) is 13.0. The molecule has 1 fully saturated rings. The van der Waals surface area contributed by atoms with Gasteiger partial charge >= 0.3 is 0 Å². The number of para-hydroxylation sites is 1. The Labute approximate surface area is 108 Å². The molecule has 1 aromatic carbocycles. The molecule has 100 valence electrons. The molecular formula is C14H22N2O2. The van der Waals surface area contributed by atoms with Gasteiger partial charge in [0.15, 0.2) is 0 Å². The van der Waals surface area contributed by atoms with Crippen LogP contribution in [0.4, 0.5) is 11.4 Å². The highest BCUT2D eigenvalue weighted by atomic mass is 16.5. The molecule has 0 saturated carbocycles. The van der Waals surface area contributed by atoms with Gasteiger partial charge in [0.1, 0.15) is 5.75 Å². The molecule has 0 amide bonds. The van der Waals surface area contributed by atoms with Crippen molar-refractivity contribution in [1.82, 2.24) is 0 Å². The Kier molecular flexibility index (Phi) is 3.97. The van der Waals surface area contributed by atoms with Gasteiger partial charge in [-0.1, -0.05) is 13.0 Å². The zero-order valence-electron chi connectivity index (χ0n) is 11.2. The van der Waals surface area contributed by atoms with Crippen molar-refractivity contribution >= 4 is 11.4 Å². The molecule has 1 aromatic rings. The molecule has 0 spiro atoms. The van der Waals surface area contributed by atoms with Gasteiger partial charge in [-0.2, -0.15) is 0 Å². The number of methoxy groups -OCH3 is 1. The van der Waals surface area contributed by atoms with Gasteiger partial charge in [-0.05, 0) is 30.4 Å². The largest absolute Gasteiger partial charge is 0.495 e. The van der Waals surface area contributed by atoms with E-state index in [0.717, 1.165) is 44.0 Å². The Hall–Kier alpha value is -1.42. The lowest BCUT2D eigenvalue weighted by Gasteiger charge is -2.34. The highest BCUT2D eigenvalue weighted by Crippen LogP contribution is 2.33. The third-order valence-corrected chi connectivity index (χ3v) is 3.69. The lowest BCUT2D eigenvalue weighted by atomic mass is 9.82. The van der Waals surface area contributed by atoms with Crippen molar-refractivity contribution in [3.05, 3.63) is 18.2 Å². The number of nitrogen functional groups attached to an aromatic ring is 1. The van der Waals surface area contributed by atoms with Crippen LogP contribution in [0.1, 0.15) is 19.8 Å². The maximum atomic E-state index is 6.04. The van der Waals surface area contributed by atoms with Crippen LogP contribution in [0.3, 0.4) is 0 Å². The summed E-state index contributed by atoms with van der Waals surface area (Å²) in [7, 11) is 1.63. The van der Waals surface area contributed by atoms with Crippen molar-refractivity contribution in [2.45, 2.75) is 19.8 Å². The second kappa shape index (κ2) is 5.48. The van der Waals surface area contributed by atoms with E-state index in [4.69, 9.17) is 15.2 Å². The first-order chi connectivity index (χ1) is 8.64. The first-order valence-corrected chi connectivity index (χ1v) is 6.39. The summed E-state index contributed by atoms with van der Waals surface area (Å²) in [4.78, 5) is 0. The topological polar surface area (TPSA) is 56.5 Å². The molecule has 1 aliphatic heterocycles. The third kappa shape index (κ3) is 2.88. The molecule has 0 aromatic heterocycles. The van der Waals surface area contributed by atoms with Gasteiger partial charge in [0, 0.05) is 19.8 Å². The maximum absolute atomic E-state index is 6.04. The van der Waals surface area contributed by atoms with Crippen molar-refractivity contribution < 1.29 is 9.47 Å². The minimum Gasteiger partial charge on any atom is -0.495 e. The smallest absolute Gasteiger partial charge is 0.143 e. The summed E-state index contributed by atoms with van der Waals surface area (Å²) in [5, 5.41) is 3.44. The number of nitrogens with one attached hydrogen (secondary N) is 1. The second-order valence-electron chi connectivity index (χ2n) is 5.20. The minimum atomic E-state index is 0.285. The standard InChI is InChI=1S/C14H22N2O2/c1-14(6-8-18-9-7-14)10-16-11-4-3-5-12(17-2)13(11)15/h3-5,16H,6-10,15H2,1-2H3. The first-order valence-electron chi connectivity index (χ1n) is 6.39. The summed E-state index contributed by atoms with van der Waals surface area (Å²) < 4.78 is 10.6. The first kappa shape index (κ1) is 13.0. The third-order valence-electron chi connectivity index (χ3n) is 3.69. The van der Waals surface area contributed by atoms with E-state index in [1.165, 1.54) is 0 Å². The average Bonchev–Trinajstić information content (AvgIpc) is 2.38. The SMILES string of the molecule is COc1cccc(NCC2(C)CCOCC2)c1N. The number of anilines is 2. The Morgan fingerprint density at radius 3 is 2.78 bits per heavy atom. The fourth-order valence-corrected chi connectivity index (χ4v) is 2.23. The molecule has 18 heavy (non-hydrogen) atoms. The van der Waals surface area contributed by atoms with E-state index in [1.54, 1.807) is 7.11 Å². The van der Waals surface area contributed by atoms with Crippen LogP contribution in [0.5, 0.6) is 5.75 Å². The van der Waals surface area contributed by atoms with Gasteiger partial charge in [0.2, 0.25) is 0 Å². The molecule has 4 heteroatoms. The Morgan fingerprint density at radius 1 is 1.39 bits per heavy atom. The van der Waals surface area contributed by atoms with E-state index in [0.29, 0.717) is 5.69 Å². The van der Waals surface area contributed by atoms with Crippen LogP contribution in [0.25, 0.3) is 0 Å². The lowest BCUT2D eigenvalue weighted by Crippen LogP contribution is -2.33. The highest BCUT2D eigenvalue weighted by molar-refractivity contribution is 5.72. The number of hydrogen-bond donors (Lipinski definition) is 2. The van der Waals surface area contributed by atoms with Gasteiger partial charge in [-0.25, -0.2) is 0 Å². The summed E-state index contributed by atoms with van der Waals surface area (Å²) in [6.45, 7) is 4.91. The number of nitrogens with two attached hydrogens (primary N) is 1. The van der Waals surface area contributed by atoms with E-state index >= 15 is 0 Å². The molecule has 1 aliphatic rings. The summed E-state index contributed by atoms with van der Waals surface area (Å²) in [5.41, 5.74) is 7.95. The second-order valence-corrected chi connectivity index (χ2v) is 5.20. The lowest BCUT2D eigenvalue weighted by molar-refractivity contribution is 0.0300. The van der Waals surface area contributed by atoms with Crippen molar-refractivity contribution in [2.75, 3.05) is 37.9 Å². The van der Waals surface area contributed by atoms with Crippen LogP contribution >= 0.6 is 0 Å². The molecular weight excluding hydrogens is 228 g/mol. The van der Waals surface area contributed by atoms with Crippen LogP contribution in [-0.2, 0) is 4.74 Å². The summed E-state index contributed by atoms with van der Waals surface area (Å²) in [6, 6.07) is 5.81. The molecule has 3 N–H and O–H groups in total. The van der Waals surface area contributed by atoms with Crippen LogP contribution in [0, 0.1) is 5.41 Å². The summed E-state index contributed by atoms with van der Waals surface area (Å²) in [5.74, 6) is 0.720. The number of hydrogen-bond acceptors (Lipinski definition) is 4. The van der Waals surface area contributed by atoms with Crippen LogP contribution in [-0.4, -0.2) is 26.9 Å². The van der Waals surface area contributed by atoms with Gasteiger partial charge in [-0.15, -0.1) is 0 Å². The van der Waals surface area contributed by atoms with E-state index in [-0.39, 0.29) is 5.41 Å². The van der Waals surface area contributed by atoms with Gasteiger partial charge in [0.25, 0.3) is 0 Å². The van der Waals surface area contributed by atoms with Crippen LogP contribution in [0.2, 0.25) is 0 Å². The quantitative estimate of drug-likeness (QED) is 0.806. The monoisotopic (exact) mass is 250 g/mol. The predicted molar refractivity (Wildman–Crippen MR) is 74.1 cm³/mol. The van der Waals surface area contributed by atoms with Crippen LogP contribution in [0.15, 0.2) is 18.2 Å². The molecule has 1 saturated heterocycles. The van der Waals surface area contributed by atoms with E-state index in [2.05, 4.69) is 12.2 Å². The van der Waals surface area contributed by atoms with Gasteiger partial charge in [0.05, 0.1) is 18.5 Å². The van der Waals surface area contributed by atoms with E-state index in [1.807, 2.05) is 18.2 Å². The van der Waals surface area contributed by atoms with Gasteiger partial charge < -0.3 is 20.5 Å².